The van der Waals surface area contributed by atoms with Crippen LogP contribution in [0.2, 0.25) is 0 Å². The summed E-state index contributed by atoms with van der Waals surface area (Å²) in [5, 5.41) is 3.11. The smallest absolute Gasteiger partial charge is 0.00890 e. The van der Waals surface area contributed by atoms with Crippen LogP contribution in [0, 0.1) is 18.3 Å². The first-order chi connectivity index (χ1) is 4.31. The lowest BCUT2D eigenvalue weighted by molar-refractivity contribution is 0.512. The van der Waals surface area contributed by atoms with Gasteiger partial charge in [0.2, 0.25) is 0 Å². The third-order valence-corrected chi connectivity index (χ3v) is 1.33. The minimum atomic E-state index is 0.714. The molecule has 0 saturated heterocycles. The van der Waals surface area contributed by atoms with Gasteiger partial charge in [0.1, 0.15) is 0 Å². The summed E-state index contributed by atoms with van der Waals surface area (Å²) in [4.78, 5) is 0. The first-order valence-electron chi connectivity index (χ1n) is 3.39. The third kappa shape index (κ3) is 5.39. The molecule has 0 aliphatic heterocycles. The van der Waals surface area contributed by atoms with Crippen LogP contribution in [-0.4, -0.2) is 13.6 Å². The van der Waals surface area contributed by atoms with Crippen molar-refractivity contribution in [1.29, 1.82) is 0 Å². The van der Waals surface area contributed by atoms with Gasteiger partial charge in [-0.2, -0.15) is 0 Å². The van der Waals surface area contributed by atoms with E-state index in [0.29, 0.717) is 5.92 Å². The molecule has 52 valence electrons. The summed E-state index contributed by atoms with van der Waals surface area (Å²) in [5.74, 6) is 3.34. The highest BCUT2D eigenvalue weighted by Crippen LogP contribution is 2.01. The Morgan fingerprint density at radius 2 is 2.33 bits per heavy atom. The van der Waals surface area contributed by atoms with E-state index in [1.54, 1.807) is 0 Å². The van der Waals surface area contributed by atoms with Crippen molar-refractivity contribution in [2.45, 2.75) is 19.8 Å². The van der Waals surface area contributed by atoms with Crippen LogP contribution in [0.1, 0.15) is 19.8 Å². The van der Waals surface area contributed by atoms with Crippen LogP contribution in [-0.2, 0) is 0 Å². The Labute approximate surface area is 57.8 Å². The minimum absolute atomic E-state index is 0.714. The molecular weight excluding hydrogens is 110 g/mol. The molecule has 0 fully saturated rings. The van der Waals surface area contributed by atoms with Crippen molar-refractivity contribution in [3.8, 4) is 12.3 Å². The average Bonchev–Trinajstić information content (AvgIpc) is 1.85. The molecule has 0 amide bonds. The predicted octanol–water partition coefficient (Wildman–Crippen LogP) is 1.26. The Hall–Kier alpha value is -0.480. The maximum Gasteiger partial charge on any atom is 0.00890 e. The van der Waals surface area contributed by atoms with Crippen LogP contribution < -0.4 is 5.32 Å². The van der Waals surface area contributed by atoms with E-state index in [-0.39, 0.29) is 0 Å². The standard InChI is InChI=1S/C8H15N/c1-4-5-6-8(2)7-9-3/h1,8-9H,5-7H2,2-3H3. The van der Waals surface area contributed by atoms with Crippen LogP contribution in [0.4, 0.5) is 0 Å². The lowest BCUT2D eigenvalue weighted by Crippen LogP contribution is -2.15. The Morgan fingerprint density at radius 1 is 1.67 bits per heavy atom. The molecule has 1 unspecified atom stereocenters. The summed E-state index contributed by atoms with van der Waals surface area (Å²) in [6.07, 6.45) is 7.14. The van der Waals surface area contributed by atoms with Crippen LogP contribution in [0.5, 0.6) is 0 Å². The number of hydrogen-bond acceptors (Lipinski definition) is 1. The number of rotatable bonds is 4. The van der Waals surface area contributed by atoms with Crippen molar-refractivity contribution in [1.82, 2.24) is 5.32 Å². The maximum atomic E-state index is 5.10. The van der Waals surface area contributed by atoms with Crippen molar-refractivity contribution in [2.24, 2.45) is 5.92 Å². The summed E-state index contributed by atoms with van der Waals surface area (Å²) < 4.78 is 0. The van der Waals surface area contributed by atoms with Crippen molar-refractivity contribution in [3.63, 3.8) is 0 Å². The highest BCUT2D eigenvalue weighted by atomic mass is 14.8. The Balaban J connectivity index is 3.07. The van der Waals surface area contributed by atoms with Gasteiger partial charge in [-0.1, -0.05) is 6.92 Å². The predicted molar refractivity (Wildman–Crippen MR) is 41.2 cm³/mol. The van der Waals surface area contributed by atoms with Crippen molar-refractivity contribution in [2.75, 3.05) is 13.6 Å². The van der Waals surface area contributed by atoms with Crippen LogP contribution >= 0.6 is 0 Å². The number of nitrogens with one attached hydrogen (secondary N) is 1. The molecule has 0 saturated carbocycles. The fraction of sp³-hybridized carbons (Fsp3) is 0.750. The molecule has 0 heterocycles. The molecular formula is C8H15N. The van der Waals surface area contributed by atoms with Crippen molar-refractivity contribution >= 4 is 0 Å². The molecule has 0 spiro atoms. The molecule has 0 aromatic rings. The zero-order valence-corrected chi connectivity index (χ0v) is 6.28. The first-order valence-corrected chi connectivity index (χ1v) is 3.39. The van der Waals surface area contributed by atoms with Gasteiger partial charge in [-0.05, 0) is 25.9 Å². The fourth-order valence-electron chi connectivity index (χ4n) is 0.780. The fourth-order valence-corrected chi connectivity index (χ4v) is 0.780. The topological polar surface area (TPSA) is 12.0 Å². The first kappa shape index (κ1) is 8.52. The largest absolute Gasteiger partial charge is 0.319 e. The van der Waals surface area contributed by atoms with Gasteiger partial charge in [-0.25, -0.2) is 0 Å². The van der Waals surface area contributed by atoms with Gasteiger partial charge < -0.3 is 5.32 Å². The van der Waals surface area contributed by atoms with E-state index in [1.165, 1.54) is 0 Å². The summed E-state index contributed by atoms with van der Waals surface area (Å²) in [5.41, 5.74) is 0. The molecule has 9 heavy (non-hydrogen) atoms. The van der Waals surface area contributed by atoms with E-state index in [2.05, 4.69) is 18.2 Å². The third-order valence-electron chi connectivity index (χ3n) is 1.33. The van der Waals surface area contributed by atoms with Gasteiger partial charge in [0.05, 0.1) is 0 Å². The maximum absolute atomic E-state index is 5.10. The van der Waals surface area contributed by atoms with E-state index < -0.39 is 0 Å². The number of hydrogen-bond donors (Lipinski definition) is 1. The normalized spacial score (nSPS) is 12.6. The molecule has 1 atom stereocenters. The van der Waals surface area contributed by atoms with Gasteiger partial charge in [0.25, 0.3) is 0 Å². The molecule has 0 aromatic carbocycles. The van der Waals surface area contributed by atoms with Gasteiger partial charge in [0, 0.05) is 6.42 Å². The molecule has 1 nitrogen and oxygen atoms in total. The summed E-state index contributed by atoms with van der Waals surface area (Å²) in [6.45, 7) is 3.27. The Morgan fingerprint density at radius 3 is 2.78 bits per heavy atom. The van der Waals surface area contributed by atoms with Crippen molar-refractivity contribution in [3.05, 3.63) is 0 Å². The van der Waals surface area contributed by atoms with Gasteiger partial charge in [0.15, 0.2) is 0 Å². The van der Waals surface area contributed by atoms with E-state index in [1.807, 2.05) is 7.05 Å². The minimum Gasteiger partial charge on any atom is -0.319 e. The molecule has 0 aliphatic carbocycles. The highest BCUT2D eigenvalue weighted by molar-refractivity contribution is 4.83. The van der Waals surface area contributed by atoms with Crippen molar-refractivity contribution < 1.29 is 0 Å². The molecule has 0 rings (SSSR count). The molecule has 0 bridgehead atoms. The highest BCUT2D eigenvalue weighted by Gasteiger charge is 1.96. The van der Waals surface area contributed by atoms with Gasteiger partial charge in [-0.15, -0.1) is 12.3 Å². The number of terminal acetylenes is 1. The lowest BCUT2D eigenvalue weighted by Gasteiger charge is -2.06. The quantitative estimate of drug-likeness (QED) is 0.558. The zero-order chi connectivity index (χ0) is 7.11. The van der Waals surface area contributed by atoms with Gasteiger partial charge >= 0.3 is 0 Å². The summed E-state index contributed by atoms with van der Waals surface area (Å²) >= 11 is 0. The average molecular weight is 125 g/mol. The van der Waals surface area contributed by atoms with Crippen LogP contribution in [0.3, 0.4) is 0 Å². The summed E-state index contributed by atoms with van der Waals surface area (Å²) in [7, 11) is 1.96. The lowest BCUT2D eigenvalue weighted by atomic mass is 10.1. The second kappa shape index (κ2) is 5.65. The molecule has 0 aromatic heterocycles. The van der Waals surface area contributed by atoms with E-state index in [4.69, 9.17) is 6.42 Å². The Kier molecular flexibility index (Phi) is 5.35. The van der Waals surface area contributed by atoms with E-state index in [9.17, 15) is 0 Å². The molecule has 0 radical (unpaired) electrons. The molecule has 0 aliphatic rings. The van der Waals surface area contributed by atoms with Crippen LogP contribution in [0.25, 0.3) is 0 Å². The summed E-state index contributed by atoms with van der Waals surface area (Å²) in [6, 6.07) is 0. The van der Waals surface area contributed by atoms with Crippen LogP contribution in [0.15, 0.2) is 0 Å². The monoisotopic (exact) mass is 125 g/mol. The Bertz CT molecular complexity index is 91.2. The molecule has 1 N–H and O–H groups in total. The molecule has 1 heteroatoms. The van der Waals surface area contributed by atoms with Gasteiger partial charge in [-0.3, -0.25) is 0 Å². The SMILES string of the molecule is C#CCCC(C)CNC. The second-order valence-electron chi connectivity index (χ2n) is 2.41. The zero-order valence-electron chi connectivity index (χ0n) is 6.28. The second-order valence-corrected chi connectivity index (χ2v) is 2.41. The van der Waals surface area contributed by atoms with E-state index >= 15 is 0 Å². The van der Waals surface area contributed by atoms with E-state index in [0.717, 1.165) is 19.4 Å².